The number of hydrogen-bond acceptors (Lipinski definition) is 3. The molecule has 0 unspecified atom stereocenters. The van der Waals surface area contributed by atoms with E-state index in [0.29, 0.717) is 11.2 Å². The van der Waals surface area contributed by atoms with Crippen molar-refractivity contribution in [1.29, 1.82) is 0 Å². The minimum Gasteiger partial charge on any atom is -0.395 e. The number of aliphatic hydroxyl groups excluding tert-OH is 1. The molecule has 0 amide bonds. The molecule has 0 bridgehead atoms. The summed E-state index contributed by atoms with van der Waals surface area (Å²) in [4.78, 5) is 6.38. The Kier molecular flexibility index (Phi) is 5.42. The molecule has 0 radical (unpaired) electrons. The van der Waals surface area contributed by atoms with Gasteiger partial charge in [-0.1, -0.05) is 30.9 Å². The summed E-state index contributed by atoms with van der Waals surface area (Å²) in [7, 11) is 0. The second kappa shape index (κ2) is 7.07. The summed E-state index contributed by atoms with van der Waals surface area (Å²) < 4.78 is 0. The van der Waals surface area contributed by atoms with Gasteiger partial charge in [-0.3, -0.25) is 4.90 Å². The van der Waals surface area contributed by atoms with Crippen LogP contribution in [0.25, 0.3) is 0 Å². The van der Waals surface area contributed by atoms with Crippen molar-refractivity contribution in [2.75, 3.05) is 13.2 Å². The minimum atomic E-state index is 0.218. The predicted octanol–water partition coefficient (Wildman–Crippen LogP) is 2.86. The molecule has 1 aliphatic rings. The lowest BCUT2D eigenvalue weighted by Crippen LogP contribution is -2.38. The van der Waals surface area contributed by atoms with E-state index in [4.69, 9.17) is 11.6 Å². The second-order valence-corrected chi connectivity index (χ2v) is 5.36. The number of aliphatic hydroxyl groups is 1. The van der Waals surface area contributed by atoms with Gasteiger partial charge in [-0.05, 0) is 30.5 Å². The quantitative estimate of drug-likeness (QED) is 0.835. The number of rotatable bonds is 5. The standard InChI is InChI=1S/C14H21ClN2O/c15-14-10-12(6-7-16-14)11-17(8-9-18)13-4-2-1-3-5-13/h6-7,10,13,18H,1-5,8-9,11H2. The molecule has 1 fully saturated rings. The Morgan fingerprint density at radius 3 is 2.78 bits per heavy atom. The van der Waals surface area contributed by atoms with Crippen LogP contribution in [-0.4, -0.2) is 34.2 Å². The highest BCUT2D eigenvalue weighted by Gasteiger charge is 2.20. The SMILES string of the molecule is OCCN(Cc1ccnc(Cl)c1)C1CCCCC1. The first kappa shape index (κ1) is 13.8. The Balaban J connectivity index is 2.00. The van der Waals surface area contributed by atoms with Gasteiger partial charge < -0.3 is 5.11 Å². The molecule has 1 heterocycles. The molecule has 0 aromatic carbocycles. The van der Waals surface area contributed by atoms with Crippen LogP contribution in [0.5, 0.6) is 0 Å². The van der Waals surface area contributed by atoms with Gasteiger partial charge in [-0.15, -0.1) is 0 Å². The smallest absolute Gasteiger partial charge is 0.129 e. The van der Waals surface area contributed by atoms with Crippen molar-refractivity contribution in [3.05, 3.63) is 29.0 Å². The molecule has 0 spiro atoms. The maximum atomic E-state index is 9.22. The molecule has 1 aromatic heterocycles. The number of nitrogens with zero attached hydrogens (tertiary/aromatic N) is 2. The van der Waals surface area contributed by atoms with Crippen LogP contribution in [0.1, 0.15) is 37.7 Å². The van der Waals surface area contributed by atoms with E-state index >= 15 is 0 Å². The van der Waals surface area contributed by atoms with Crippen LogP contribution >= 0.6 is 11.6 Å². The number of pyridine rings is 1. The topological polar surface area (TPSA) is 36.4 Å². The number of hydrogen-bond donors (Lipinski definition) is 1. The monoisotopic (exact) mass is 268 g/mol. The summed E-state index contributed by atoms with van der Waals surface area (Å²) in [5.74, 6) is 0. The van der Waals surface area contributed by atoms with E-state index < -0.39 is 0 Å². The summed E-state index contributed by atoms with van der Waals surface area (Å²) in [6, 6.07) is 4.52. The van der Waals surface area contributed by atoms with Crippen molar-refractivity contribution >= 4 is 11.6 Å². The molecule has 4 heteroatoms. The van der Waals surface area contributed by atoms with Crippen LogP contribution in [0, 0.1) is 0 Å². The third kappa shape index (κ3) is 3.94. The summed E-state index contributed by atoms with van der Waals surface area (Å²) in [5, 5.41) is 9.76. The summed E-state index contributed by atoms with van der Waals surface area (Å²) in [5.41, 5.74) is 1.18. The van der Waals surface area contributed by atoms with Crippen molar-refractivity contribution in [3.63, 3.8) is 0 Å². The zero-order chi connectivity index (χ0) is 12.8. The zero-order valence-electron chi connectivity index (χ0n) is 10.7. The Morgan fingerprint density at radius 2 is 2.11 bits per heavy atom. The van der Waals surface area contributed by atoms with Gasteiger partial charge >= 0.3 is 0 Å². The summed E-state index contributed by atoms with van der Waals surface area (Å²) >= 11 is 5.91. The lowest BCUT2D eigenvalue weighted by atomic mass is 9.94. The number of halogens is 1. The average molecular weight is 269 g/mol. The van der Waals surface area contributed by atoms with Crippen molar-refractivity contribution in [2.45, 2.75) is 44.7 Å². The van der Waals surface area contributed by atoms with E-state index in [9.17, 15) is 5.11 Å². The molecule has 0 atom stereocenters. The fourth-order valence-electron chi connectivity index (χ4n) is 2.74. The van der Waals surface area contributed by atoms with Gasteiger partial charge in [-0.25, -0.2) is 4.98 Å². The Morgan fingerprint density at radius 1 is 1.33 bits per heavy atom. The summed E-state index contributed by atoms with van der Waals surface area (Å²) in [6.07, 6.45) is 8.21. The lowest BCUT2D eigenvalue weighted by molar-refractivity contribution is 0.117. The van der Waals surface area contributed by atoms with Gasteiger partial charge in [-0.2, -0.15) is 0 Å². The Hall–Kier alpha value is -0.640. The highest BCUT2D eigenvalue weighted by atomic mass is 35.5. The fraction of sp³-hybridized carbons (Fsp3) is 0.643. The van der Waals surface area contributed by atoms with Crippen LogP contribution in [-0.2, 0) is 6.54 Å². The van der Waals surface area contributed by atoms with Crippen LogP contribution < -0.4 is 0 Å². The van der Waals surface area contributed by atoms with Gasteiger partial charge in [0.15, 0.2) is 0 Å². The minimum absolute atomic E-state index is 0.218. The lowest BCUT2D eigenvalue weighted by Gasteiger charge is -2.34. The van der Waals surface area contributed by atoms with E-state index in [-0.39, 0.29) is 6.61 Å². The van der Waals surface area contributed by atoms with Crippen LogP contribution in [0.4, 0.5) is 0 Å². The van der Waals surface area contributed by atoms with E-state index in [1.165, 1.54) is 37.7 Å². The van der Waals surface area contributed by atoms with Crippen molar-refractivity contribution in [3.8, 4) is 0 Å². The Bertz CT molecular complexity index is 367. The van der Waals surface area contributed by atoms with E-state index in [1.807, 2.05) is 12.1 Å². The Labute approximate surface area is 114 Å². The molecule has 18 heavy (non-hydrogen) atoms. The zero-order valence-corrected chi connectivity index (χ0v) is 11.4. The molecule has 1 saturated carbocycles. The highest BCUT2D eigenvalue weighted by molar-refractivity contribution is 6.29. The first-order valence-corrected chi connectivity index (χ1v) is 7.13. The maximum absolute atomic E-state index is 9.22. The maximum Gasteiger partial charge on any atom is 0.129 e. The number of aromatic nitrogens is 1. The predicted molar refractivity (Wildman–Crippen MR) is 73.6 cm³/mol. The normalized spacial score (nSPS) is 17.3. The molecule has 0 saturated heterocycles. The van der Waals surface area contributed by atoms with Gasteiger partial charge in [0.1, 0.15) is 5.15 Å². The van der Waals surface area contributed by atoms with E-state index in [1.54, 1.807) is 6.20 Å². The summed E-state index contributed by atoms with van der Waals surface area (Å²) in [6.45, 7) is 1.81. The van der Waals surface area contributed by atoms with E-state index in [2.05, 4.69) is 9.88 Å². The van der Waals surface area contributed by atoms with Crippen LogP contribution in [0.15, 0.2) is 18.3 Å². The largest absolute Gasteiger partial charge is 0.395 e. The molecule has 1 aromatic rings. The molecular weight excluding hydrogens is 248 g/mol. The van der Waals surface area contributed by atoms with Gasteiger partial charge in [0.05, 0.1) is 6.61 Å². The van der Waals surface area contributed by atoms with Crippen LogP contribution in [0.3, 0.4) is 0 Å². The first-order chi connectivity index (χ1) is 8.79. The molecule has 100 valence electrons. The van der Waals surface area contributed by atoms with E-state index in [0.717, 1.165) is 13.1 Å². The van der Waals surface area contributed by atoms with Crippen molar-refractivity contribution < 1.29 is 5.11 Å². The van der Waals surface area contributed by atoms with Crippen molar-refractivity contribution in [1.82, 2.24) is 9.88 Å². The molecule has 3 nitrogen and oxygen atoms in total. The molecule has 0 aliphatic heterocycles. The van der Waals surface area contributed by atoms with Gasteiger partial charge in [0.25, 0.3) is 0 Å². The molecule has 1 aliphatic carbocycles. The fourth-order valence-corrected chi connectivity index (χ4v) is 2.94. The third-order valence-electron chi connectivity index (χ3n) is 3.65. The average Bonchev–Trinajstić information content (AvgIpc) is 2.39. The molecule has 2 rings (SSSR count). The molecular formula is C14H21ClN2O. The van der Waals surface area contributed by atoms with Crippen molar-refractivity contribution in [2.24, 2.45) is 0 Å². The third-order valence-corrected chi connectivity index (χ3v) is 3.86. The highest BCUT2D eigenvalue weighted by Crippen LogP contribution is 2.24. The van der Waals surface area contributed by atoms with Gasteiger partial charge in [0, 0.05) is 25.3 Å². The first-order valence-electron chi connectivity index (χ1n) is 6.75. The van der Waals surface area contributed by atoms with Gasteiger partial charge in [0.2, 0.25) is 0 Å². The molecule has 1 N–H and O–H groups in total. The van der Waals surface area contributed by atoms with Crippen LogP contribution in [0.2, 0.25) is 5.15 Å². The second-order valence-electron chi connectivity index (χ2n) is 4.97.